The molecule has 0 bridgehead atoms. The lowest BCUT2D eigenvalue weighted by atomic mass is 10.00. The number of nitrogens with one attached hydrogen (secondary N) is 2. The van der Waals surface area contributed by atoms with Gasteiger partial charge in [0.25, 0.3) is 17.7 Å². The average molecular weight is 789 g/mol. The Kier molecular flexibility index (Phi) is 11.2. The Bertz CT molecular complexity index is 2220. The van der Waals surface area contributed by atoms with Crippen LogP contribution in [0.15, 0.2) is 132 Å². The number of esters is 1. The van der Waals surface area contributed by atoms with Crippen molar-refractivity contribution in [1.29, 1.82) is 0 Å². The first-order chi connectivity index (χ1) is 27.3. The van der Waals surface area contributed by atoms with Crippen molar-refractivity contribution >= 4 is 52.9 Å². The van der Waals surface area contributed by atoms with E-state index in [2.05, 4.69) is 10.6 Å². The molecule has 2 atom stereocenters. The van der Waals surface area contributed by atoms with Crippen LogP contribution >= 0.6 is 11.8 Å². The topological polar surface area (TPSA) is 158 Å². The van der Waals surface area contributed by atoms with Crippen LogP contribution < -0.4 is 20.1 Å². The largest absolute Gasteiger partial charge is 0.508 e. The van der Waals surface area contributed by atoms with Crippen LogP contribution in [-0.4, -0.2) is 69.1 Å². The van der Waals surface area contributed by atoms with Gasteiger partial charge in [-0.25, -0.2) is 9.59 Å². The fourth-order valence-electron chi connectivity index (χ4n) is 6.81. The first-order valence-corrected chi connectivity index (χ1v) is 19.5. The van der Waals surface area contributed by atoms with Crippen molar-refractivity contribution in [1.82, 2.24) is 10.2 Å². The first kappa shape index (κ1) is 38.8. The lowest BCUT2D eigenvalue weighted by Gasteiger charge is -2.49. The van der Waals surface area contributed by atoms with Gasteiger partial charge in [0, 0.05) is 29.6 Å². The molecule has 14 heteroatoms. The van der Waals surface area contributed by atoms with E-state index in [0.29, 0.717) is 35.5 Å². The molecule has 0 radical (unpaired) electrons. The summed E-state index contributed by atoms with van der Waals surface area (Å²) in [5, 5.41) is 14.4. The Morgan fingerprint density at radius 3 is 2.26 bits per heavy atom. The van der Waals surface area contributed by atoms with Crippen molar-refractivity contribution in [3.63, 3.8) is 0 Å². The number of carbonyl (C=O) groups excluding carboxylic acids is 5. The molecular weight excluding hydrogens is 747 g/mol. The number of phenolic OH excluding ortho intramolecular Hbond substituents is 1. The third-order valence-electron chi connectivity index (χ3n) is 9.40. The molecule has 1 aromatic heterocycles. The molecule has 0 saturated carbocycles. The van der Waals surface area contributed by atoms with Gasteiger partial charge in [0.05, 0.1) is 0 Å². The molecule has 57 heavy (non-hydrogen) atoms. The van der Waals surface area contributed by atoms with Gasteiger partial charge in [0.15, 0.2) is 18.5 Å². The van der Waals surface area contributed by atoms with E-state index in [0.717, 1.165) is 11.1 Å². The minimum absolute atomic E-state index is 0.0128. The van der Waals surface area contributed by atoms with E-state index in [-0.39, 0.29) is 35.6 Å². The molecule has 2 saturated heterocycles. The highest BCUT2D eigenvalue weighted by Gasteiger charge is 2.55. The molecule has 7 rings (SSSR count). The number of alkyl carbamates (subject to hydrolysis) is 1. The molecule has 3 aliphatic heterocycles. The number of ether oxygens (including phenoxy) is 2. The van der Waals surface area contributed by atoms with Crippen LogP contribution in [0.4, 0.5) is 16.2 Å². The van der Waals surface area contributed by atoms with Gasteiger partial charge >= 0.3 is 12.1 Å². The van der Waals surface area contributed by atoms with Crippen molar-refractivity contribution in [2.24, 2.45) is 0 Å². The first-order valence-electron chi connectivity index (χ1n) is 18.4. The fraction of sp³-hybridized carbons (Fsp3) is 0.256. The molecule has 0 unspecified atom stereocenters. The van der Waals surface area contributed by atoms with Crippen LogP contribution in [0.2, 0.25) is 0 Å². The Hall–Kier alpha value is -6.41. The molecule has 292 valence electrons. The number of carbonyl (C=O) groups is 5. The van der Waals surface area contributed by atoms with Crippen molar-refractivity contribution in [3.05, 3.63) is 144 Å². The van der Waals surface area contributed by atoms with Crippen LogP contribution in [-0.2, 0) is 35.2 Å². The maximum absolute atomic E-state index is 14.4. The number of anilines is 2. The average Bonchev–Trinajstić information content (AvgIpc) is 3.55. The number of nitrogens with zero attached hydrogens (tertiary/aromatic N) is 3. The predicted molar refractivity (Wildman–Crippen MR) is 213 cm³/mol. The standard InChI is InChI=1S/C43H41N5O8S/c1-43(2,3)56-42(54)45-35-39(52)48-36(41(53)55-37(27-11-6-4-7-12-27)28-13-8-5-9-14-28)30(26-57-40(35)48)23-29-20-22-47(38(29)51)32-15-10-21-46(24-32)25-34(50)44-31-16-18-33(49)19-17-31/h4-19,21,23-24,35,37,40H,20,22,25-26H2,1-3H3,(H2-,44,45,49,50,51,53,54)/p+1/t35-,40-/m1/s1. The Morgan fingerprint density at radius 1 is 0.947 bits per heavy atom. The zero-order valence-electron chi connectivity index (χ0n) is 31.6. The van der Waals surface area contributed by atoms with Gasteiger partial charge in [0.2, 0.25) is 6.54 Å². The number of thioether (sulfide) groups is 1. The number of allylic oxidation sites excluding steroid dienone is 1. The highest BCUT2D eigenvalue weighted by molar-refractivity contribution is 8.00. The highest BCUT2D eigenvalue weighted by Crippen LogP contribution is 2.43. The second-order valence-electron chi connectivity index (χ2n) is 14.7. The van der Waals surface area contributed by atoms with Crippen LogP contribution in [0.5, 0.6) is 5.75 Å². The van der Waals surface area contributed by atoms with E-state index in [4.69, 9.17) is 9.47 Å². The van der Waals surface area contributed by atoms with E-state index < -0.39 is 41.1 Å². The summed E-state index contributed by atoms with van der Waals surface area (Å²) in [6, 6.07) is 27.3. The van der Waals surface area contributed by atoms with Crippen molar-refractivity contribution in [2.45, 2.75) is 56.9 Å². The smallest absolute Gasteiger partial charge is 0.408 e. The number of β-lactam (4-membered cyclic amide) rings is 1. The van der Waals surface area contributed by atoms with Crippen LogP contribution in [0.3, 0.4) is 0 Å². The third kappa shape index (κ3) is 8.86. The summed E-state index contributed by atoms with van der Waals surface area (Å²) >= 11 is 1.36. The number of hydrogen-bond acceptors (Lipinski definition) is 9. The Balaban J connectivity index is 1.15. The zero-order chi connectivity index (χ0) is 40.3. The monoisotopic (exact) mass is 788 g/mol. The maximum atomic E-state index is 14.4. The molecular formula is C43H42N5O8S+. The number of phenols is 1. The molecule has 0 aliphatic carbocycles. The predicted octanol–water partition coefficient (Wildman–Crippen LogP) is 5.38. The highest BCUT2D eigenvalue weighted by atomic mass is 32.2. The van der Waals surface area contributed by atoms with E-state index in [1.807, 2.05) is 60.7 Å². The Labute approximate surface area is 334 Å². The second kappa shape index (κ2) is 16.4. The molecule has 3 aliphatic rings. The lowest BCUT2D eigenvalue weighted by molar-refractivity contribution is -0.683. The van der Waals surface area contributed by atoms with E-state index in [1.54, 1.807) is 73.0 Å². The summed E-state index contributed by atoms with van der Waals surface area (Å²) in [6.07, 6.45) is 3.94. The zero-order valence-corrected chi connectivity index (χ0v) is 32.4. The van der Waals surface area contributed by atoms with Gasteiger partial charge in [-0.1, -0.05) is 60.7 Å². The number of amides is 4. The fourth-order valence-corrected chi connectivity index (χ4v) is 8.11. The molecule has 13 nitrogen and oxygen atoms in total. The number of aromatic hydroxyl groups is 1. The lowest BCUT2D eigenvalue weighted by Crippen LogP contribution is -2.70. The van der Waals surface area contributed by atoms with E-state index in [1.165, 1.54) is 28.8 Å². The summed E-state index contributed by atoms with van der Waals surface area (Å²) in [5.74, 6) is -1.47. The maximum Gasteiger partial charge on any atom is 0.408 e. The number of hydrogen-bond donors (Lipinski definition) is 3. The molecule has 0 spiro atoms. The van der Waals surface area contributed by atoms with Crippen molar-refractivity contribution in [2.75, 3.05) is 22.5 Å². The van der Waals surface area contributed by atoms with E-state index >= 15 is 0 Å². The van der Waals surface area contributed by atoms with E-state index in [9.17, 15) is 29.1 Å². The molecule has 4 aromatic rings. The molecule has 3 aromatic carbocycles. The summed E-state index contributed by atoms with van der Waals surface area (Å²) in [4.78, 5) is 70.7. The van der Waals surface area contributed by atoms with Crippen molar-refractivity contribution < 1.29 is 43.1 Å². The number of benzene rings is 3. The molecule has 3 N–H and O–H groups in total. The normalized spacial score (nSPS) is 18.6. The van der Waals surface area contributed by atoms with Crippen molar-refractivity contribution in [3.8, 4) is 5.75 Å². The summed E-state index contributed by atoms with van der Waals surface area (Å²) < 4.78 is 13.3. The minimum Gasteiger partial charge on any atom is -0.508 e. The molecule has 4 amide bonds. The van der Waals surface area contributed by atoms with Gasteiger partial charge in [-0.05, 0) is 80.3 Å². The van der Waals surface area contributed by atoms with Gasteiger partial charge in [-0.15, -0.1) is 11.8 Å². The second-order valence-corrected chi connectivity index (χ2v) is 15.8. The summed E-state index contributed by atoms with van der Waals surface area (Å²) in [6.45, 7) is 5.51. The van der Waals surface area contributed by atoms with Crippen LogP contribution in [0, 0.1) is 0 Å². The minimum atomic E-state index is -0.933. The van der Waals surface area contributed by atoms with Crippen LogP contribution in [0.1, 0.15) is 44.4 Å². The van der Waals surface area contributed by atoms with Gasteiger partial charge in [-0.2, -0.15) is 4.57 Å². The number of aromatic nitrogens is 1. The van der Waals surface area contributed by atoms with Crippen LogP contribution in [0.25, 0.3) is 0 Å². The number of pyridine rings is 1. The summed E-state index contributed by atoms with van der Waals surface area (Å²) in [7, 11) is 0. The van der Waals surface area contributed by atoms with Gasteiger partial charge < -0.3 is 30.1 Å². The quantitative estimate of drug-likeness (QED) is 0.0632. The van der Waals surface area contributed by atoms with Gasteiger partial charge in [-0.3, -0.25) is 19.3 Å². The number of fused-ring (bicyclic) bond motifs is 1. The molecule has 4 heterocycles. The Morgan fingerprint density at radius 2 is 1.61 bits per heavy atom. The molecule has 2 fully saturated rings. The number of rotatable bonds is 10. The SMILES string of the molecule is CC(C)(C)OC(=O)N[C@@H]1C(=O)N2C(C(=O)OC(c3ccccc3)c3ccccc3)=C(/C=C3\CCN(c4ccc[n+](CC(=O)Nc5ccc(O)cc5)c4)C3=O)CS[C@H]12. The third-order valence-corrected chi connectivity index (χ3v) is 10.7. The summed E-state index contributed by atoms with van der Waals surface area (Å²) in [5.41, 5.74) is 2.71. The van der Waals surface area contributed by atoms with Gasteiger partial charge in [0.1, 0.15) is 34.2 Å².